The summed E-state index contributed by atoms with van der Waals surface area (Å²) >= 11 is 0. The van der Waals surface area contributed by atoms with Crippen molar-refractivity contribution >= 4 is 11.9 Å². The first-order chi connectivity index (χ1) is 11.6. The van der Waals surface area contributed by atoms with Crippen LogP contribution in [0.15, 0.2) is 36.5 Å². The van der Waals surface area contributed by atoms with Crippen LogP contribution in [0.1, 0.15) is 71.6 Å². The normalized spacial score (nSPS) is 13.1. The van der Waals surface area contributed by atoms with Crippen LogP contribution in [-0.2, 0) is 14.3 Å². The SMILES string of the molecule is CC/C=C\C/C=C\C/C=C\CCCCCC(=O)OC(CC)C(=O)O. The smallest absolute Gasteiger partial charge is 0.345 e. The molecule has 4 heteroatoms. The van der Waals surface area contributed by atoms with Crippen molar-refractivity contribution in [3.05, 3.63) is 36.5 Å². The molecule has 0 saturated heterocycles. The van der Waals surface area contributed by atoms with Gasteiger partial charge in [0, 0.05) is 6.42 Å². The number of carbonyl (C=O) groups excluding carboxylic acids is 1. The highest BCUT2D eigenvalue weighted by Gasteiger charge is 2.19. The van der Waals surface area contributed by atoms with Crippen molar-refractivity contribution in [1.29, 1.82) is 0 Å². The van der Waals surface area contributed by atoms with Gasteiger partial charge in [-0.15, -0.1) is 0 Å². The molecule has 0 saturated carbocycles. The lowest BCUT2D eigenvalue weighted by Crippen LogP contribution is -2.26. The fourth-order valence-electron chi connectivity index (χ4n) is 2.06. The van der Waals surface area contributed by atoms with Crippen molar-refractivity contribution in [2.24, 2.45) is 0 Å². The van der Waals surface area contributed by atoms with Crippen molar-refractivity contribution in [2.45, 2.75) is 77.7 Å². The monoisotopic (exact) mass is 336 g/mol. The van der Waals surface area contributed by atoms with Crippen LogP contribution in [0.25, 0.3) is 0 Å². The standard InChI is InChI=1S/C20H32O4/c1-3-5-6-7-8-9-10-11-12-13-14-15-16-17-19(21)24-18(4-2)20(22)23/h5-6,8-9,11-12,18H,3-4,7,10,13-17H2,1-2H3,(H,22,23)/b6-5-,9-8-,12-11-. The lowest BCUT2D eigenvalue weighted by Gasteiger charge is -2.11. The second kappa shape index (κ2) is 16.0. The van der Waals surface area contributed by atoms with Crippen LogP contribution in [-0.4, -0.2) is 23.1 Å². The van der Waals surface area contributed by atoms with E-state index in [1.54, 1.807) is 6.92 Å². The van der Waals surface area contributed by atoms with E-state index in [1.165, 1.54) is 0 Å². The van der Waals surface area contributed by atoms with Crippen molar-refractivity contribution in [3.8, 4) is 0 Å². The van der Waals surface area contributed by atoms with Crippen LogP contribution in [0.2, 0.25) is 0 Å². The lowest BCUT2D eigenvalue weighted by molar-refractivity contribution is -0.164. The number of rotatable bonds is 14. The average molecular weight is 336 g/mol. The molecule has 0 fully saturated rings. The third-order valence-electron chi connectivity index (χ3n) is 3.45. The Bertz CT molecular complexity index is 421. The molecule has 0 aliphatic heterocycles. The number of carbonyl (C=O) groups is 2. The van der Waals surface area contributed by atoms with Gasteiger partial charge in [-0.25, -0.2) is 4.79 Å². The van der Waals surface area contributed by atoms with Crippen molar-refractivity contribution in [2.75, 3.05) is 0 Å². The number of hydrogen-bond donors (Lipinski definition) is 1. The van der Waals surface area contributed by atoms with E-state index in [4.69, 9.17) is 9.84 Å². The number of carboxylic acids is 1. The topological polar surface area (TPSA) is 63.6 Å². The summed E-state index contributed by atoms with van der Waals surface area (Å²) in [5.41, 5.74) is 0. The minimum absolute atomic E-state index is 0.293. The second-order valence-electron chi connectivity index (χ2n) is 5.62. The Morgan fingerprint density at radius 1 is 0.917 bits per heavy atom. The van der Waals surface area contributed by atoms with Gasteiger partial charge in [-0.1, -0.05) is 56.7 Å². The molecular formula is C20H32O4. The average Bonchev–Trinajstić information content (AvgIpc) is 2.56. The summed E-state index contributed by atoms with van der Waals surface area (Å²) in [5, 5.41) is 8.81. The van der Waals surface area contributed by atoms with E-state index in [2.05, 4.69) is 43.4 Å². The fourth-order valence-corrected chi connectivity index (χ4v) is 2.06. The van der Waals surface area contributed by atoms with Crippen LogP contribution in [0.3, 0.4) is 0 Å². The van der Waals surface area contributed by atoms with E-state index in [0.29, 0.717) is 12.8 Å². The summed E-state index contributed by atoms with van der Waals surface area (Å²) in [6.45, 7) is 3.82. The maximum absolute atomic E-state index is 11.5. The van der Waals surface area contributed by atoms with Crippen LogP contribution in [0.5, 0.6) is 0 Å². The fraction of sp³-hybridized carbons (Fsp3) is 0.600. The molecule has 0 heterocycles. The van der Waals surface area contributed by atoms with Gasteiger partial charge in [0.05, 0.1) is 0 Å². The van der Waals surface area contributed by atoms with Crippen molar-refractivity contribution in [1.82, 2.24) is 0 Å². The van der Waals surface area contributed by atoms with Gasteiger partial charge >= 0.3 is 11.9 Å². The second-order valence-corrected chi connectivity index (χ2v) is 5.62. The van der Waals surface area contributed by atoms with Gasteiger partial charge in [-0.3, -0.25) is 4.79 Å². The van der Waals surface area contributed by atoms with E-state index in [0.717, 1.165) is 44.9 Å². The Balaban J connectivity index is 3.56. The minimum atomic E-state index is -1.08. The number of carboxylic acid groups (broad SMARTS) is 1. The van der Waals surface area contributed by atoms with Crippen molar-refractivity contribution < 1.29 is 19.4 Å². The minimum Gasteiger partial charge on any atom is -0.479 e. The van der Waals surface area contributed by atoms with Crippen LogP contribution < -0.4 is 0 Å². The molecule has 0 radical (unpaired) electrons. The van der Waals surface area contributed by atoms with Gasteiger partial charge in [-0.05, 0) is 44.9 Å². The molecule has 1 atom stereocenters. The molecule has 1 N–H and O–H groups in total. The molecule has 0 aromatic heterocycles. The third-order valence-corrected chi connectivity index (χ3v) is 3.45. The van der Waals surface area contributed by atoms with E-state index >= 15 is 0 Å². The Morgan fingerprint density at radius 3 is 2.12 bits per heavy atom. The van der Waals surface area contributed by atoms with Gasteiger partial charge in [0.15, 0.2) is 6.10 Å². The summed E-state index contributed by atoms with van der Waals surface area (Å²) < 4.78 is 4.90. The maximum Gasteiger partial charge on any atom is 0.345 e. The Morgan fingerprint density at radius 2 is 1.54 bits per heavy atom. The molecule has 24 heavy (non-hydrogen) atoms. The molecule has 4 nitrogen and oxygen atoms in total. The summed E-state index contributed by atoms with van der Waals surface area (Å²) in [4.78, 5) is 22.3. The summed E-state index contributed by atoms with van der Waals surface area (Å²) in [6, 6.07) is 0. The third kappa shape index (κ3) is 13.8. The number of allylic oxidation sites excluding steroid dienone is 6. The van der Waals surface area contributed by atoms with E-state index < -0.39 is 18.0 Å². The van der Waals surface area contributed by atoms with Gasteiger partial charge < -0.3 is 9.84 Å². The highest BCUT2D eigenvalue weighted by Crippen LogP contribution is 2.07. The van der Waals surface area contributed by atoms with Gasteiger partial charge in [-0.2, -0.15) is 0 Å². The maximum atomic E-state index is 11.5. The Kier molecular flexibility index (Phi) is 14.8. The Labute approximate surface area is 146 Å². The molecule has 1 unspecified atom stereocenters. The van der Waals surface area contributed by atoms with Crippen LogP contribution >= 0.6 is 0 Å². The van der Waals surface area contributed by atoms with Gasteiger partial charge in [0.25, 0.3) is 0 Å². The predicted octanol–water partition coefficient (Wildman–Crippen LogP) is 5.20. The number of unbranched alkanes of at least 4 members (excludes halogenated alkanes) is 3. The highest BCUT2D eigenvalue weighted by atomic mass is 16.6. The molecule has 0 aliphatic rings. The molecule has 0 rings (SSSR count). The Hall–Kier alpha value is -1.84. The first-order valence-corrected chi connectivity index (χ1v) is 8.99. The molecule has 0 aliphatic carbocycles. The highest BCUT2D eigenvalue weighted by molar-refractivity contribution is 5.77. The number of ether oxygens (including phenoxy) is 1. The zero-order valence-corrected chi connectivity index (χ0v) is 15.1. The van der Waals surface area contributed by atoms with Crippen LogP contribution in [0, 0.1) is 0 Å². The summed E-state index contributed by atoms with van der Waals surface area (Å²) in [7, 11) is 0. The zero-order chi connectivity index (χ0) is 18.0. The van der Waals surface area contributed by atoms with Gasteiger partial charge in [0.1, 0.15) is 0 Å². The van der Waals surface area contributed by atoms with Gasteiger partial charge in [0.2, 0.25) is 0 Å². The first-order valence-electron chi connectivity index (χ1n) is 8.99. The molecule has 0 aromatic rings. The quantitative estimate of drug-likeness (QED) is 0.269. The molecule has 0 amide bonds. The number of aliphatic carboxylic acids is 1. The van der Waals surface area contributed by atoms with Crippen molar-refractivity contribution in [3.63, 3.8) is 0 Å². The first kappa shape index (κ1) is 22.2. The lowest BCUT2D eigenvalue weighted by atomic mass is 10.1. The zero-order valence-electron chi connectivity index (χ0n) is 15.1. The number of hydrogen-bond acceptors (Lipinski definition) is 3. The number of esters is 1. The largest absolute Gasteiger partial charge is 0.479 e. The van der Waals surface area contributed by atoms with Crippen LogP contribution in [0.4, 0.5) is 0 Å². The van der Waals surface area contributed by atoms with E-state index in [-0.39, 0.29) is 0 Å². The molecule has 0 bridgehead atoms. The molecule has 136 valence electrons. The molecule has 0 aromatic carbocycles. The molecule has 0 spiro atoms. The predicted molar refractivity (Wildman–Crippen MR) is 97.8 cm³/mol. The van der Waals surface area contributed by atoms with E-state index in [1.807, 2.05) is 0 Å². The van der Waals surface area contributed by atoms with E-state index in [9.17, 15) is 9.59 Å². The molecular weight excluding hydrogens is 304 g/mol. The summed E-state index contributed by atoms with van der Waals surface area (Å²) in [5.74, 6) is -1.49. The summed E-state index contributed by atoms with van der Waals surface area (Å²) in [6.07, 6.45) is 19.4.